The molecule has 1 unspecified atom stereocenters. The van der Waals surface area contributed by atoms with Crippen molar-refractivity contribution in [1.29, 1.82) is 0 Å². The second-order valence-corrected chi connectivity index (χ2v) is 8.69. The highest BCUT2D eigenvalue weighted by Crippen LogP contribution is 2.45. The summed E-state index contributed by atoms with van der Waals surface area (Å²) in [6.45, 7) is 0.725. The summed E-state index contributed by atoms with van der Waals surface area (Å²) in [7, 11) is 1.64. The van der Waals surface area contributed by atoms with Crippen molar-refractivity contribution in [3.63, 3.8) is 0 Å². The maximum Gasteiger partial charge on any atom is 0.238 e. The van der Waals surface area contributed by atoms with Crippen LogP contribution >= 0.6 is 27.7 Å². The summed E-state index contributed by atoms with van der Waals surface area (Å²) in [5.41, 5.74) is 4.03. The number of methoxy groups -OCH3 is 1. The van der Waals surface area contributed by atoms with Crippen LogP contribution in [-0.2, 0) is 11.3 Å². The Morgan fingerprint density at radius 1 is 1.10 bits per heavy atom. The van der Waals surface area contributed by atoms with Gasteiger partial charge in [-0.25, -0.2) is 0 Å². The normalized spacial score (nSPS) is 16.1. The molecule has 4 rings (SSSR count). The van der Waals surface area contributed by atoms with Crippen molar-refractivity contribution in [3.05, 3.63) is 88.4 Å². The summed E-state index contributed by atoms with van der Waals surface area (Å²) >= 11 is 5.16. The van der Waals surface area contributed by atoms with Gasteiger partial charge in [-0.3, -0.25) is 9.69 Å². The summed E-state index contributed by atoms with van der Waals surface area (Å²) in [6, 6.07) is 24.2. The lowest BCUT2D eigenvalue weighted by Crippen LogP contribution is -2.28. The number of carbonyl (C=O) groups excluding carboxylic acids is 1. The highest BCUT2D eigenvalue weighted by molar-refractivity contribution is 9.10. The average molecular weight is 469 g/mol. The minimum Gasteiger partial charge on any atom is -0.494 e. The zero-order chi connectivity index (χ0) is 20.2. The van der Waals surface area contributed by atoms with E-state index < -0.39 is 0 Å². The van der Waals surface area contributed by atoms with E-state index in [4.69, 9.17) is 4.74 Å². The summed E-state index contributed by atoms with van der Waals surface area (Å²) in [5.74, 6) is 1.22. The molecule has 1 aliphatic rings. The van der Waals surface area contributed by atoms with E-state index in [2.05, 4.69) is 45.5 Å². The van der Waals surface area contributed by atoms with Crippen LogP contribution in [0.25, 0.3) is 0 Å². The molecule has 3 aromatic rings. The summed E-state index contributed by atoms with van der Waals surface area (Å²) in [5, 5.41) is 3.35. The van der Waals surface area contributed by atoms with Crippen LogP contribution in [0, 0.1) is 0 Å². The minimum atomic E-state index is -0.0722. The van der Waals surface area contributed by atoms with Crippen LogP contribution in [0.4, 0.5) is 11.4 Å². The Labute approximate surface area is 183 Å². The minimum absolute atomic E-state index is 0.0722. The quantitative estimate of drug-likeness (QED) is 0.492. The monoisotopic (exact) mass is 468 g/mol. The zero-order valence-electron chi connectivity index (χ0n) is 16.0. The molecule has 4 nitrogen and oxygen atoms in total. The predicted molar refractivity (Wildman–Crippen MR) is 124 cm³/mol. The topological polar surface area (TPSA) is 41.6 Å². The van der Waals surface area contributed by atoms with Crippen molar-refractivity contribution >= 4 is 45.0 Å². The van der Waals surface area contributed by atoms with Gasteiger partial charge in [-0.15, -0.1) is 11.8 Å². The van der Waals surface area contributed by atoms with Gasteiger partial charge in [0.1, 0.15) is 11.1 Å². The first kappa shape index (κ1) is 19.9. The van der Waals surface area contributed by atoms with Crippen LogP contribution < -0.4 is 15.0 Å². The van der Waals surface area contributed by atoms with E-state index in [0.717, 1.165) is 28.0 Å². The third-order valence-corrected chi connectivity index (χ3v) is 6.49. The van der Waals surface area contributed by atoms with Crippen molar-refractivity contribution in [1.82, 2.24) is 0 Å². The fraction of sp³-hybridized carbons (Fsp3) is 0.174. The lowest BCUT2D eigenvalue weighted by Gasteiger charge is -2.26. The molecule has 0 aromatic heterocycles. The van der Waals surface area contributed by atoms with Gasteiger partial charge in [0.2, 0.25) is 5.91 Å². The third kappa shape index (κ3) is 4.43. The van der Waals surface area contributed by atoms with Crippen LogP contribution in [0.5, 0.6) is 5.75 Å². The van der Waals surface area contributed by atoms with E-state index in [1.54, 1.807) is 18.9 Å². The Hall–Kier alpha value is -2.44. The number of ether oxygens (including phenoxy) is 1. The van der Waals surface area contributed by atoms with Crippen LogP contribution in [0.1, 0.15) is 16.5 Å². The molecule has 0 aliphatic carbocycles. The zero-order valence-corrected chi connectivity index (χ0v) is 18.4. The fourth-order valence-electron chi connectivity index (χ4n) is 3.38. The number of anilines is 2. The predicted octanol–water partition coefficient (Wildman–Crippen LogP) is 5.85. The molecule has 1 saturated heterocycles. The van der Waals surface area contributed by atoms with E-state index in [0.29, 0.717) is 11.5 Å². The Balaban J connectivity index is 1.60. The number of hydrogen-bond donors (Lipinski definition) is 1. The van der Waals surface area contributed by atoms with Crippen LogP contribution in [0.15, 0.2) is 77.3 Å². The number of thioether (sulfide) groups is 1. The largest absolute Gasteiger partial charge is 0.494 e. The molecule has 1 amide bonds. The van der Waals surface area contributed by atoms with E-state index in [-0.39, 0.29) is 11.3 Å². The molecule has 1 atom stereocenters. The molecule has 1 fully saturated rings. The number of rotatable bonds is 6. The lowest BCUT2D eigenvalue weighted by atomic mass is 10.1. The molecule has 29 heavy (non-hydrogen) atoms. The van der Waals surface area contributed by atoms with E-state index in [1.165, 1.54) is 5.56 Å². The highest BCUT2D eigenvalue weighted by atomic mass is 79.9. The highest BCUT2D eigenvalue weighted by Gasteiger charge is 2.35. The molecule has 6 heteroatoms. The van der Waals surface area contributed by atoms with Gasteiger partial charge in [-0.2, -0.15) is 0 Å². The first-order valence-electron chi connectivity index (χ1n) is 9.30. The first-order chi connectivity index (χ1) is 14.2. The van der Waals surface area contributed by atoms with E-state index >= 15 is 0 Å². The number of amides is 1. The Kier molecular flexibility index (Phi) is 6.11. The van der Waals surface area contributed by atoms with Gasteiger partial charge in [0.15, 0.2) is 0 Å². The Morgan fingerprint density at radius 3 is 2.69 bits per heavy atom. The molecule has 148 valence electrons. The SMILES string of the molecule is COc1cc(NCc2ccccc2)ccc1N1C(=O)CSC1c1cccc(Br)c1. The molecule has 1 N–H and O–H groups in total. The first-order valence-corrected chi connectivity index (χ1v) is 11.1. The smallest absolute Gasteiger partial charge is 0.238 e. The number of nitrogens with zero attached hydrogens (tertiary/aromatic N) is 1. The van der Waals surface area contributed by atoms with Crippen LogP contribution in [-0.4, -0.2) is 18.8 Å². The van der Waals surface area contributed by atoms with Crippen molar-refractivity contribution in [2.75, 3.05) is 23.1 Å². The standard InChI is InChI=1S/C23H21BrN2O2S/c1-28-21-13-19(25-14-16-6-3-2-4-7-16)10-11-20(21)26-22(27)15-29-23(26)17-8-5-9-18(24)12-17/h2-13,23,25H,14-15H2,1H3. The van der Waals surface area contributed by atoms with Gasteiger partial charge in [-0.1, -0.05) is 58.4 Å². The van der Waals surface area contributed by atoms with E-state index in [1.807, 2.05) is 53.4 Å². The van der Waals surface area contributed by atoms with Crippen molar-refractivity contribution in [3.8, 4) is 5.75 Å². The van der Waals surface area contributed by atoms with Crippen LogP contribution in [0.3, 0.4) is 0 Å². The maximum atomic E-state index is 12.7. The van der Waals surface area contributed by atoms with Gasteiger partial charge >= 0.3 is 0 Å². The maximum absolute atomic E-state index is 12.7. The number of halogens is 1. The number of hydrogen-bond acceptors (Lipinski definition) is 4. The second-order valence-electron chi connectivity index (χ2n) is 6.71. The van der Waals surface area contributed by atoms with Gasteiger partial charge in [0.25, 0.3) is 0 Å². The fourth-order valence-corrected chi connectivity index (χ4v) is 4.95. The average Bonchev–Trinajstić information content (AvgIpc) is 3.14. The van der Waals surface area contributed by atoms with Gasteiger partial charge < -0.3 is 10.1 Å². The number of carbonyl (C=O) groups is 1. The molecule has 0 spiro atoms. The third-order valence-electron chi connectivity index (χ3n) is 4.78. The number of nitrogens with one attached hydrogen (secondary N) is 1. The van der Waals surface area contributed by atoms with Crippen molar-refractivity contribution in [2.24, 2.45) is 0 Å². The lowest BCUT2D eigenvalue weighted by molar-refractivity contribution is -0.115. The molecule has 1 aliphatic heterocycles. The Morgan fingerprint density at radius 2 is 1.93 bits per heavy atom. The number of benzene rings is 3. The summed E-state index contributed by atoms with van der Waals surface area (Å²) in [4.78, 5) is 14.6. The molecular formula is C23H21BrN2O2S. The summed E-state index contributed by atoms with van der Waals surface area (Å²) < 4.78 is 6.66. The van der Waals surface area contributed by atoms with Crippen LogP contribution in [0.2, 0.25) is 0 Å². The van der Waals surface area contributed by atoms with Crippen molar-refractivity contribution < 1.29 is 9.53 Å². The van der Waals surface area contributed by atoms with Gasteiger partial charge in [0.05, 0.1) is 18.6 Å². The Bertz CT molecular complexity index is 1010. The molecule has 1 heterocycles. The molecule has 0 saturated carbocycles. The summed E-state index contributed by atoms with van der Waals surface area (Å²) in [6.07, 6.45) is 0. The molecule has 0 bridgehead atoms. The molecule has 3 aromatic carbocycles. The van der Waals surface area contributed by atoms with Crippen molar-refractivity contribution in [2.45, 2.75) is 11.9 Å². The molecular weight excluding hydrogens is 448 g/mol. The van der Waals surface area contributed by atoms with Gasteiger partial charge in [-0.05, 0) is 35.4 Å². The van der Waals surface area contributed by atoms with Gasteiger partial charge in [0, 0.05) is 22.8 Å². The second kappa shape index (κ2) is 8.93. The van der Waals surface area contributed by atoms with E-state index in [9.17, 15) is 4.79 Å². The molecule has 0 radical (unpaired) electrons.